The van der Waals surface area contributed by atoms with Crippen molar-refractivity contribution in [3.8, 4) is 0 Å². The third-order valence-electron chi connectivity index (χ3n) is 1.83. The molecule has 0 aliphatic rings. The lowest BCUT2D eigenvalue weighted by atomic mass is 10.1. The molecule has 1 aromatic rings. The van der Waals surface area contributed by atoms with Crippen molar-refractivity contribution in [3.05, 3.63) is 42.0 Å². The molecular formula is C11H13F2N. The topological polar surface area (TPSA) is 26.0 Å². The Morgan fingerprint density at radius 1 is 1.21 bits per heavy atom. The van der Waals surface area contributed by atoms with E-state index in [0.717, 1.165) is 5.56 Å². The van der Waals surface area contributed by atoms with E-state index in [1.54, 1.807) is 6.08 Å². The maximum atomic E-state index is 12.7. The molecule has 3 heteroatoms. The molecule has 0 atom stereocenters. The number of hydrogen-bond donors (Lipinski definition) is 1. The summed E-state index contributed by atoms with van der Waals surface area (Å²) in [6, 6.07) is 9.32. The number of hydrogen-bond acceptors (Lipinski definition) is 1. The van der Waals surface area contributed by atoms with Gasteiger partial charge in [0.1, 0.15) is 0 Å². The predicted molar refractivity (Wildman–Crippen MR) is 54.1 cm³/mol. The second-order valence-electron chi connectivity index (χ2n) is 3.08. The minimum absolute atomic E-state index is 0.307. The van der Waals surface area contributed by atoms with Gasteiger partial charge in [-0.2, -0.15) is 0 Å². The number of nitrogens with two attached hydrogens (primary N) is 1. The Kier molecular flexibility index (Phi) is 3.77. The fourth-order valence-electron chi connectivity index (χ4n) is 1.01. The van der Waals surface area contributed by atoms with Crippen LogP contribution in [-0.4, -0.2) is 12.5 Å². The molecular weight excluding hydrogens is 184 g/mol. The zero-order valence-corrected chi connectivity index (χ0v) is 7.79. The van der Waals surface area contributed by atoms with Gasteiger partial charge in [0.25, 0.3) is 5.92 Å². The molecule has 0 saturated carbocycles. The van der Waals surface area contributed by atoms with Crippen molar-refractivity contribution in [2.75, 3.05) is 6.54 Å². The average molecular weight is 197 g/mol. The van der Waals surface area contributed by atoms with E-state index in [1.165, 1.54) is 6.08 Å². The minimum Gasteiger partial charge on any atom is -0.325 e. The molecule has 0 aliphatic heterocycles. The fraction of sp³-hybridized carbons (Fsp3) is 0.273. The van der Waals surface area contributed by atoms with E-state index in [9.17, 15) is 8.78 Å². The highest BCUT2D eigenvalue weighted by atomic mass is 19.3. The van der Waals surface area contributed by atoms with Crippen molar-refractivity contribution < 1.29 is 8.78 Å². The maximum absolute atomic E-state index is 12.7. The van der Waals surface area contributed by atoms with Gasteiger partial charge in [-0.05, 0) is 5.56 Å². The molecule has 14 heavy (non-hydrogen) atoms. The Hall–Kier alpha value is -1.22. The van der Waals surface area contributed by atoms with Crippen molar-refractivity contribution in [1.82, 2.24) is 0 Å². The normalized spacial score (nSPS) is 12.2. The van der Waals surface area contributed by atoms with Crippen LogP contribution in [0.25, 0.3) is 6.08 Å². The summed E-state index contributed by atoms with van der Waals surface area (Å²) in [7, 11) is 0. The number of halogens is 2. The minimum atomic E-state index is -2.79. The lowest BCUT2D eigenvalue weighted by Crippen LogP contribution is -2.26. The predicted octanol–water partition coefficient (Wildman–Crippen LogP) is 2.68. The molecule has 1 rings (SSSR count). The first-order valence-corrected chi connectivity index (χ1v) is 4.43. The van der Waals surface area contributed by atoms with E-state index >= 15 is 0 Å². The Labute approximate surface area is 82.2 Å². The van der Waals surface area contributed by atoms with Crippen LogP contribution < -0.4 is 5.73 Å². The second kappa shape index (κ2) is 4.86. The summed E-state index contributed by atoms with van der Waals surface area (Å²) in [5, 5.41) is 0. The van der Waals surface area contributed by atoms with Crippen molar-refractivity contribution >= 4 is 6.08 Å². The molecule has 0 aliphatic carbocycles. The van der Waals surface area contributed by atoms with Crippen LogP contribution in [0, 0.1) is 0 Å². The Morgan fingerprint density at radius 2 is 1.86 bits per heavy atom. The molecule has 0 aromatic heterocycles. The van der Waals surface area contributed by atoms with E-state index in [0.29, 0.717) is 0 Å². The monoisotopic (exact) mass is 197 g/mol. The Morgan fingerprint density at radius 3 is 2.43 bits per heavy atom. The summed E-state index contributed by atoms with van der Waals surface area (Å²) in [6.07, 6.45) is 2.81. The van der Waals surface area contributed by atoms with Gasteiger partial charge in [0.2, 0.25) is 0 Å². The lowest BCUT2D eigenvalue weighted by Gasteiger charge is -2.09. The van der Waals surface area contributed by atoms with Gasteiger partial charge in [0, 0.05) is 6.42 Å². The maximum Gasteiger partial charge on any atom is 0.263 e. The zero-order chi connectivity index (χ0) is 10.4. The highest BCUT2D eigenvalue weighted by Gasteiger charge is 2.24. The number of rotatable bonds is 4. The van der Waals surface area contributed by atoms with Gasteiger partial charge < -0.3 is 5.73 Å². The summed E-state index contributed by atoms with van der Waals surface area (Å²) in [4.78, 5) is 0. The highest BCUT2D eigenvalue weighted by molar-refractivity contribution is 5.48. The fourth-order valence-corrected chi connectivity index (χ4v) is 1.01. The summed E-state index contributed by atoms with van der Waals surface area (Å²) in [6.45, 7) is -0.605. The van der Waals surface area contributed by atoms with Crippen LogP contribution >= 0.6 is 0 Å². The smallest absolute Gasteiger partial charge is 0.263 e. The first-order valence-electron chi connectivity index (χ1n) is 4.43. The summed E-state index contributed by atoms with van der Waals surface area (Å²) in [5.41, 5.74) is 5.82. The van der Waals surface area contributed by atoms with Crippen LogP contribution in [-0.2, 0) is 0 Å². The van der Waals surface area contributed by atoms with E-state index in [4.69, 9.17) is 5.73 Å². The van der Waals surface area contributed by atoms with Gasteiger partial charge in [-0.3, -0.25) is 0 Å². The van der Waals surface area contributed by atoms with Gasteiger partial charge in [-0.1, -0.05) is 42.5 Å². The molecule has 0 saturated heterocycles. The molecule has 0 fully saturated rings. The SMILES string of the molecule is NCC(F)(F)C/C=C/c1ccccc1. The van der Waals surface area contributed by atoms with Crippen LogP contribution in [0.4, 0.5) is 8.78 Å². The van der Waals surface area contributed by atoms with Crippen molar-refractivity contribution in [2.45, 2.75) is 12.3 Å². The van der Waals surface area contributed by atoms with Crippen LogP contribution in [0.1, 0.15) is 12.0 Å². The molecule has 2 N–H and O–H groups in total. The molecule has 0 bridgehead atoms. The van der Waals surface area contributed by atoms with E-state index in [1.807, 2.05) is 30.3 Å². The highest BCUT2D eigenvalue weighted by Crippen LogP contribution is 2.17. The lowest BCUT2D eigenvalue weighted by molar-refractivity contribution is 0.0145. The van der Waals surface area contributed by atoms with Gasteiger partial charge in [-0.15, -0.1) is 0 Å². The molecule has 76 valence electrons. The van der Waals surface area contributed by atoms with E-state index in [-0.39, 0.29) is 6.42 Å². The van der Waals surface area contributed by atoms with Gasteiger partial charge in [-0.25, -0.2) is 8.78 Å². The third kappa shape index (κ3) is 3.66. The van der Waals surface area contributed by atoms with Crippen molar-refractivity contribution in [3.63, 3.8) is 0 Å². The molecule has 0 radical (unpaired) electrons. The molecule has 0 heterocycles. The average Bonchev–Trinajstić information content (AvgIpc) is 2.19. The first kappa shape index (κ1) is 10.9. The standard InChI is InChI=1S/C11H13F2N/c12-11(13,9-14)8-4-7-10-5-2-1-3-6-10/h1-7H,8-9,14H2/b7-4+. The van der Waals surface area contributed by atoms with Crippen molar-refractivity contribution in [2.24, 2.45) is 5.73 Å². The van der Waals surface area contributed by atoms with E-state index < -0.39 is 12.5 Å². The number of allylic oxidation sites excluding steroid dienone is 1. The van der Waals surface area contributed by atoms with Crippen LogP contribution in [0.5, 0.6) is 0 Å². The van der Waals surface area contributed by atoms with Gasteiger partial charge in [0.05, 0.1) is 6.54 Å². The van der Waals surface area contributed by atoms with Gasteiger partial charge >= 0.3 is 0 Å². The Balaban J connectivity index is 2.50. The number of alkyl halides is 2. The first-order chi connectivity index (χ1) is 6.64. The molecule has 1 aromatic carbocycles. The molecule has 0 spiro atoms. The summed E-state index contributed by atoms with van der Waals surface area (Å²) in [5.74, 6) is -2.79. The summed E-state index contributed by atoms with van der Waals surface area (Å²) >= 11 is 0. The molecule has 0 amide bonds. The van der Waals surface area contributed by atoms with Crippen LogP contribution in [0.3, 0.4) is 0 Å². The number of benzene rings is 1. The van der Waals surface area contributed by atoms with Gasteiger partial charge in [0.15, 0.2) is 0 Å². The second-order valence-corrected chi connectivity index (χ2v) is 3.08. The molecule has 1 nitrogen and oxygen atoms in total. The third-order valence-corrected chi connectivity index (χ3v) is 1.83. The quantitative estimate of drug-likeness (QED) is 0.789. The van der Waals surface area contributed by atoms with Crippen LogP contribution in [0.15, 0.2) is 36.4 Å². The zero-order valence-electron chi connectivity index (χ0n) is 7.79. The van der Waals surface area contributed by atoms with E-state index in [2.05, 4.69) is 0 Å². The summed E-state index contributed by atoms with van der Waals surface area (Å²) < 4.78 is 25.4. The largest absolute Gasteiger partial charge is 0.325 e. The van der Waals surface area contributed by atoms with Crippen LogP contribution in [0.2, 0.25) is 0 Å². The Bertz CT molecular complexity index is 293. The molecule has 0 unspecified atom stereocenters. The van der Waals surface area contributed by atoms with Crippen molar-refractivity contribution in [1.29, 1.82) is 0 Å².